The van der Waals surface area contributed by atoms with Gasteiger partial charge in [0, 0.05) is 63.1 Å². The third-order valence-electron chi connectivity index (χ3n) is 9.78. The third-order valence-corrected chi connectivity index (χ3v) is 9.78. The van der Waals surface area contributed by atoms with Crippen molar-refractivity contribution in [3.63, 3.8) is 0 Å². The summed E-state index contributed by atoms with van der Waals surface area (Å²) in [5.41, 5.74) is -1.51. The number of aromatic nitrogens is 2. The Morgan fingerprint density at radius 1 is 0.774 bits per heavy atom. The van der Waals surface area contributed by atoms with E-state index in [0.717, 1.165) is 25.2 Å². The Morgan fingerprint density at radius 2 is 1.34 bits per heavy atom. The molecule has 1 aromatic heterocycles. The second-order valence-electron chi connectivity index (χ2n) is 17.5. The number of piperazine rings is 1. The molecule has 1 saturated carbocycles. The van der Waals surface area contributed by atoms with Crippen LogP contribution in [-0.2, 0) is 20.8 Å². The van der Waals surface area contributed by atoms with Gasteiger partial charge in [0.15, 0.2) is 5.60 Å². The number of likely N-dealkylation sites (tertiary alicyclic amines) is 1. The molecule has 0 spiro atoms. The molecule has 2 aromatic rings. The van der Waals surface area contributed by atoms with Gasteiger partial charge in [-0.15, -0.1) is 0 Å². The van der Waals surface area contributed by atoms with Gasteiger partial charge < -0.3 is 29.9 Å². The Bertz CT molecular complexity index is 1740. The van der Waals surface area contributed by atoms with E-state index in [2.05, 4.69) is 39.7 Å². The summed E-state index contributed by atoms with van der Waals surface area (Å²) in [5, 5.41) is 8.46. The highest BCUT2D eigenvalue weighted by atomic mass is 16.6. The number of alkyl carbamates (subject to hydrolysis) is 2. The topological polar surface area (TPSA) is 167 Å². The average Bonchev–Trinajstić information content (AvgIpc) is 3.56. The molecule has 0 radical (unpaired) electrons. The molecule has 290 valence electrons. The predicted molar refractivity (Wildman–Crippen MR) is 200 cm³/mol. The van der Waals surface area contributed by atoms with Crippen molar-refractivity contribution in [2.75, 3.05) is 44.6 Å². The standard InChI is InChI=1S/C38H56N8O7/c1-35(2,3)41-33(50)53-38(9,10)30(47)44-17-19-45(20-18-44)31(48)39-28-15-16-46(32(49)40-28)25-13-11-24(12-14-25)21-43-22-26-27(23-43)29(26)37(7,8)42-34(51)52-36(4,5)6/h11-16,26-27,29H,17-23H2,1-10H3,(H,41,50)(H,42,51)(H,39,40,48,49). The number of amides is 5. The van der Waals surface area contributed by atoms with Crippen LogP contribution in [-0.4, -0.2) is 110 Å². The second-order valence-corrected chi connectivity index (χ2v) is 17.5. The van der Waals surface area contributed by atoms with Gasteiger partial charge in [0.1, 0.15) is 11.4 Å². The van der Waals surface area contributed by atoms with Crippen LogP contribution < -0.4 is 21.6 Å². The number of anilines is 1. The summed E-state index contributed by atoms with van der Waals surface area (Å²) >= 11 is 0. The number of carbonyl (C=O) groups is 4. The van der Waals surface area contributed by atoms with Gasteiger partial charge in [0.25, 0.3) is 5.91 Å². The fourth-order valence-corrected chi connectivity index (χ4v) is 7.44. The van der Waals surface area contributed by atoms with Gasteiger partial charge in [-0.3, -0.25) is 19.6 Å². The van der Waals surface area contributed by atoms with Crippen molar-refractivity contribution >= 4 is 29.9 Å². The largest absolute Gasteiger partial charge is 0.444 e. The number of hydrogen-bond acceptors (Lipinski definition) is 9. The number of hydrogen-bond donors (Lipinski definition) is 3. The Hall–Kier alpha value is -4.66. The summed E-state index contributed by atoms with van der Waals surface area (Å²) in [7, 11) is 0. The monoisotopic (exact) mass is 736 g/mol. The zero-order valence-electron chi connectivity index (χ0n) is 32.7. The SMILES string of the molecule is CC(C)(C)NC(=O)OC(C)(C)C(=O)N1CCN(C(=O)Nc2ccn(-c3ccc(CN4CC5C(C4)C5C(C)(C)NC(=O)OC(C)(C)C)cc3)c(=O)n2)CC1. The minimum atomic E-state index is -1.38. The molecule has 2 unspecified atom stereocenters. The molecule has 2 aliphatic heterocycles. The number of nitrogens with zero attached hydrogens (tertiary/aromatic N) is 5. The lowest BCUT2D eigenvalue weighted by atomic mass is 9.94. The predicted octanol–water partition coefficient (Wildman–Crippen LogP) is 4.19. The van der Waals surface area contributed by atoms with Crippen molar-refractivity contribution in [1.82, 2.24) is 34.9 Å². The van der Waals surface area contributed by atoms with Crippen molar-refractivity contribution in [3.8, 4) is 5.69 Å². The lowest BCUT2D eigenvalue weighted by molar-refractivity contribution is -0.149. The molecule has 1 aromatic carbocycles. The number of piperidine rings is 1. The molecule has 53 heavy (non-hydrogen) atoms. The highest BCUT2D eigenvalue weighted by molar-refractivity contribution is 5.89. The van der Waals surface area contributed by atoms with Crippen molar-refractivity contribution in [3.05, 3.63) is 52.6 Å². The van der Waals surface area contributed by atoms with Crippen molar-refractivity contribution in [1.29, 1.82) is 0 Å². The maximum atomic E-state index is 13.1. The summed E-state index contributed by atoms with van der Waals surface area (Å²) in [6.07, 6.45) is 0.521. The molecule has 3 heterocycles. The number of fused-ring (bicyclic) bond motifs is 1. The first-order valence-corrected chi connectivity index (χ1v) is 18.3. The number of ether oxygens (including phenoxy) is 2. The average molecular weight is 737 g/mol. The van der Waals surface area contributed by atoms with Gasteiger partial charge in [-0.2, -0.15) is 4.98 Å². The molecular weight excluding hydrogens is 680 g/mol. The molecule has 0 bridgehead atoms. The Morgan fingerprint density at radius 3 is 1.89 bits per heavy atom. The first kappa shape index (κ1) is 39.5. The molecule has 15 nitrogen and oxygen atoms in total. The maximum Gasteiger partial charge on any atom is 0.408 e. The van der Waals surface area contributed by atoms with Gasteiger partial charge in [-0.1, -0.05) is 12.1 Å². The molecule has 5 amide bonds. The van der Waals surface area contributed by atoms with Crippen molar-refractivity contribution in [2.24, 2.45) is 17.8 Å². The summed E-state index contributed by atoms with van der Waals surface area (Å²) in [6.45, 7) is 22.0. The molecule has 3 N–H and O–H groups in total. The Kier molecular flexibility index (Phi) is 10.9. The first-order valence-electron chi connectivity index (χ1n) is 18.3. The van der Waals surface area contributed by atoms with E-state index in [-0.39, 0.29) is 49.5 Å². The minimum Gasteiger partial charge on any atom is -0.444 e. The van der Waals surface area contributed by atoms with Crippen molar-refractivity contribution in [2.45, 2.75) is 98.1 Å². The van der Waals surface area contributed by atoms with Crippen LogP contribution in [0.25, 0.3) is 5.69 Å². The number of rotatable bonds is 8. The molecule has 15 heteroatoms. The molecule has 2 saturated heterocycles. The molecular formula is C38H56N8O7. The van der Waals surface area contributed by atoms with Crippen LogP contribution >= 0.6 is 0 Å². The van der Waals surface area contributed by atoms with Crippen LogP contribution in [0.2, 0.25) is 0 Å². The van der Waals surface area contributed by atoms with Crippen LogP contribution in [0.5, 0.6) is 0 Å². The van der Waals surface area contributed by atoms with E-state index < -0.39 is 34.6 Å². The second kappa shape index (κ2) is 14.6. The quantitative estimate of drug-likeness (QED) is 0.360. The zero-order chi connectivity index (χ0) is 39.1. The number of nitrogens with one attached hydrogen (secondary N) is 3. The lowest BCUT2D eigenvalue weighted by Gasteiger charge is -2.38. The highest BCUT2D eigenvalue weighted by Crippen LogP contribution is 2.57. The smallest absolute Gasteiger partial charge is 0.408 e. The molecule has 3 aliphatic rings. The number of urea groups is 1. The van der Waals surface area contributed by atoms with E-state index in [9.17, 15) is 24.0 Å². The van der Waals surface area contributed by atoms with Gasteiger partial charge >= 0.3 is 23.9 Å². The van der Waals surface area contributed by atoms with Gasteiger partial charge in [-0.25, -0.2) is 19.2 Å². The summed E-state index contributed by atoms with van der Waals surface area (Å²) < 4.78 is 12.3. The van der Waals surface area contributed by atoms with E-state index >= 15 is 0 Å². The van der Waals surface area contributed by atoms with E-state index in [4.69, 9.17) is 9.47 Å². The van der Waals surface area contributed by atoms with E-state index in [1.54, 1.807) is 35.9 Å². The molecule has 2 atom stereocenters. The van der Waals surface area contributed by atoms with Gasteiger partial charge in [-0.05, 0) is 111 Å². The van der Waals surface area contributed by atoms with E-state index in [1.165, 1.54) is 4.57 Å². The van der Waals surface area contributed by atoms with Crippen LogP contribution in [0.1, 0.15) is 74.8 Å². The minimum absolute atomic E-state index is 0.126. The van der Waals surface area contributed by atoms with Crippen LogP contribution in [0.15, 0.2) is 41.3 Å². The van der Waals surface area contributed by atoms with Crippen LogP contribution in [0.4, 0.5) is 20.2 Å². The molecule has 1 aliphatic carbocycles. The summed E-state index contributed by atoms with van der Waals surface area (Å²) in [6, 6.07) is 8.92. The Balaban J connectivity index is 1.07. The highest BCUT2D eigenvalue weighted by Gasteiger charge is 2.61. The summed E-state index contributed by atoms with van der Waals surface area (Å²) in [5.74, 6) is 1.25. The molecule has 5 rings (SSSR count). The van der Waals surface area contributed by atoms with Gasteiger partial charge in [0.2, 0.25) is 0 Å². The number of benzene rings is 1. The van der Waals surface area contributed by atoms with Crippen LogP contribution in [0, 0.1) is 17.8 Å². The first-order chi connectivity index (χ1) is 24.5. The normalized spacial score (nSPS) is 20.7. The van der Waals surface area contributed by atoms with E-state index in [1.807, 2.05) is 65.8 Å². The van der Waals surface area contributed by atoms with E-state index in [0.29, 0.717) is 23.4 Å². The zero-order valence-corrected chi connectivity index (χ0v) is 32.7. The third kappa shape index (κ3) is 10.1. The summed E-state index contributed by atoms with van der Waals surface area (Å²) in [4.78, 5) is 73.4. The maximum absolute atomic E-state index is 13.1. The lowest BCUT2D eigenvalue weighted by Crippen LogP contribution is -2.57. The fourth-order valence-electron chi connectivity index (χ4n) is 7.44. The van der Waals surface area contributed by atoms with Crippen molar-refractivity contribution < 1.29 is 28.7 Å². The molecule has 3 fully saturated rings. The fraction of sp³-hybridized carbons (Fsp3) is 0.632. The number of carbonyl (C=O) groups excluding carboxylic acids is 4. The van der Waals surface area contributed by atoms with Crippen LogP contribution in [0.3, 0.4) is 0 Å². The van der Waals surface area contributed by atoms with Gasteiger partial charge in [0.05, 0.1) is 5.69 Å². The Labute approximate surface area is 311 Å².